The molecule has 4 rings (SSSR count). The highest BCUT2D eigenvalue weighted by Gasteiger charge is 2.63. The summed E-state index contributed by atoms with van der Waals surface area (Å²) in [6.07, 6.45) is 8.38. The Morgan fingerprint density at radius 2 is 2.00 bits per heavy atom. The molecule has 0 aromatic rings. The second-order valence-corrected chi connectivity index (χ2v) is 11.3. The second kappa shape index (κ2) is 8.40. The molecule has 6 heteroatoms. The van der Waals surface area contributed by atoms with Crippen LogP contribution in [0.3, 0.4) is 0 Å². The molecule has 0 spiro atoms. The summed E-state index contributed by atoms with van der Waals surface area (Å²) in [5.41, 5.74) is 0.984. The van der Waals surface area contributed by atoms with E-state index < -0.39 is 0 Å². The highest BCUT2D eigenvalue weighted by molar-refractivity contribution is 5.91. The Kier molecular flexibility index (Phi) is 6.12. The van der Waals surface area contributed by atoms with Crippen molar-refractivity contribution in [2.75, 3.05) is 13.7 Å². The van der Waals surface area contributed by atoms with Gasteiger partial charge >= 0.3 is 5.97 Å². The molecule has 174 valence electrons. The van der Waals surface area contributed by atoms with E-state index in [1.165, 1.54) is 20.0 Å². The van der Waals surface area contributed by atoms with Crippen molar-refractivity contribution >= 4 is 17.6 Å². The number of amides is 1. The second-order valence-electron chi connectivity index (χ2n) is 11.3. The van der Waals surface area contributed by atoms with E-state index in [1.54, 1.807) is 0 Å². The van der Waals surface area contributed by atoms with Gasteiger partial charge in [-0.1, -0.05) is 25.9 Å². The lowest BCUT2D eigenvalue weighted by molar-refractivity contribution is -0.141. The maximum absolute atomic E-state index is 12.2. The van der Waals surface area contributed by atoms with Gasteiger partial charge in [-0.05, 0) is 85.9 Å². The molecule has 6 nitrogen and oxygen atoms in total. The van der Waals surface area contributed by atoms with Gasteiger partial charge in [-0.25, -0.2) is 0 Å². The van der Waals surface area contributed by atoms with E-state index in [-0.39, 0.29) is 22.7 Å². The number of rotatable bonds is 4. The van der Waals surface area contributed by atoms with E-state index in [0.717, 1.165) is 44.4 Å². The first kappa shape index (κ1) is 22.6. The zero-order valence-corrected chi connectivity index (χ0v) is 19.7. The van der Waals surface area contributed by atoms with Crippen LogP contribution in [0, 0.1) is 46.3 Å². The number of carbonyl (C=O) groups is 2. The lowest BCUT2D eigenvalue weighted by Crippen LogP contribution is -2.56. The molecule has 0 bridgehead atoms. The summed E-state index contributed by atoms with van der Waals surface area (Å²) >= 11 is 0. The highest BCUT2D eigenvalue weighted by atomic mass is 16.5. The van der Waals surface area contributed by atoms with Crippen LogP contribution in [0.1, 0.15) is 78.6 Å². The molecule has 1 amide bonds. The van der Waals surface area contributed by atoms with E-state index in [2.05, 4.69) is 31.2 Å². The van der Waals surface area contributed by atoms with Crippen LogP contribution in [0.5, 0.6) is 0 Å². The van der Waals surface area contributed by atoms with Gasteiger partial charge in [0.15, 0.2) is 0 Å². The molecule has 1 aliphatic heterocycles. The first-order valence-corrected chi connectivity index (χ1v) is 12.3. The Morgan fingerprint density at radius 3 is 2.71 bits per heavy atom. The summed E-state index contributed by atoms with van der Waals surface area (Å²) in [4.78, 5) is 23.9. The number of nitrogens with one attached hydrogen (secondary N) is 1. The van der Waals surface area contributed by atoms with Crippen LogP contribution in [0.15, 0.2) is 5.16 Å². The topological polar surface area (TPSA) is 88.0 Å². The summed E-state index contributed by atoms with van der Waals surface area (Å²) in [6, 6.07) is 0. The number of esters is 1. The Balaban J connectivity index is 1.60. The zero-order valence-electron chi connectivity index (χ0n) is 19.7. The highest BCUT2D eigenvalue weighted by Crippen LogP contribution is 2.66. The van der Waals surface area contributed by atoms with Crippen molar-refractivity contribution < 1.29 is 19.5 Å². The first-order chi connectivity index (χ1) is 14.8. The van der Waals surface area contributed by atoms with Crippen molar-refractivity contribution in [3.8, 4) is 0 Å². The number of ether oxygens (including phenoxy) is 1. The quantitative estimate of drug-likeness (QED) is 0.391. The molecule has 4 fully saturated rings. The third kappa shape index (κ3) is 3.58. The molecule has 1 saturated heterocycles. The molecule has 0 radical (unpaired) electrons. The summed E-state index contributed by atoms with van der Waals surface area (Å²) in [7, 11) is 1.45. The molecule has 1 heterocycles. The Bertz CT molecular complexity index is 752. The van der Waals surface area contributed by atoms with E-state index in [4.69, 9.17) is 4.74 Å². The predicted molar refractivity (Wildman–Crippen MR) is 119 cm³/mol. The van der Waals surface area contributed by atoms with Gasteiger partial charge in [0, 0.05) is 24.8 Å². The monoisotopic (exact) mass is 432 g/mol. The van der Waals surface area contributed by atoms with Crippen LogP contribution in [0.25, 0.3) is 0 Å². The normalized spacial score (nSPS) is 44.5. The van der Waals surface area contributed by atoms with Crippen LogP contribution in [0.2, 0.25) is 0 Å². The van der Waals surface area contributed by atoms with Gasteiger partial charge in [-0.15, -0.1) is 0 Å². The van der Waals surface area contributed by atoms with Crippen molar-refractivity contribution in [2.45, 2.75) is 78.6 Å². The summed E-state index contributed by atoms with van der Waals surface area (Å²) in [5, 5.41) is 17.2. The lowest BCUT2D eigenvalue weighted by atomic mass is 9.45. The number of methoxy groups -OCH3 is 1. The molecule has 2 N–H and O–H groups in total. The summed E-state index contributed by atoms with van der Waals surface area (Å²) in [5.74, 6) is 2.92. The van der Waals surface area contributed by atoms with Crippen molar-refractivity contribution in [2.24, 2.45) is 51.5 Å². The Hall–Kier alpha value is -1.59. The van der Waals surface area contributed by atoms with E-state index in [9.17, 15) is 14.8 Å². The molecule has 3 aliphatic carbocycles. The molecule has 0 unspecified atom stereocenters. The fourth-order valence-corrected chi connectivity index (χ4v) is 8.50. The average Bonchev–Trinajstić information content (AvgIpc) is 3.03. The van der Waals surface area contributed by atoms with Gasteiger partial charge in [-0.3, -0.25) is 9.59 Å². The molecule has 4 aliphatic rings. The van der Waals surface area contributed by atoms with Gasteiger partial charge in [-0.2, -0.15) is 0 Å². The van der Waals surface area contributed by atoms with Gasteiger partial charge in [0.25, 0.3) is 0 Å². The minimum atomic E-state index is -0.144. The van der Waals surface area contributed by atoms with Gasteiger partial charge in [0.2, 0.25) is 5.91 Å². The fraction of sp³-hybridized carbons (Fsp3) is 0.880. The molecule has 0 aromatic carbocycles. The molecular weight excluding hydrogens is 392 g/mol. The van der Waals surface area contributed by atoms with Crippen LogP contribution in [-0.4, -0.2) is 36.4 Å². The summed E-state index contributed by atoms with van der Waals surface area (Å²) < 4.78 is 4.86. The van der Waals surface area contributed by atoms with Crippen LogP contribution >= 0.6 is 0 Å². The largest absolute Gasteiger partial charge is 0.469 e. The SMILES string of the molecule is COC(=O)CC[C@@H](C)[C@H]1CC[C@H]2[C@@H]3CC[C@@H]4CC(=O)NCC[C@]4(C)[C@H]3C/C(=N\O)[C@]12C. The maximum Gasteiger partial charge on any atom is 0.305 e. The minimum absolute atomic E-state index is 0.104. The third-order valence-electron chi connectivity index (χ3n) is 10.3. The number of hydrogen-bond acceptors (Lipinski definition) is 5. The van der Waals surface area contributed by atoms with Crippen molar-refractivity contribution in [3.05, 3.63) is 0 Å². The summed E-state index contributed by atoms with van der Waals surface area (Å²) in [6.45, 7) is 7.75. The third-order valence-corrected chi connectivity index (χ3v) is 10.3. The fourth-order valence-electron chi connectivity index (χ4n) is 8.50. The lowest BCUT2D eigenvalue weighted by Gasteiger charge is -2.59. The van der Waals surface area contributed by atoms with Crippen LogP contribution in [-0.2, 0) is 14.3 Å². The zero-order chi connectivity index (χ0) is 22.4. The Labute approximate surface area is 186 Å². The van der Waals surface area contributed by atoms with Crippen molar-refractivity contribution in [3.63, 3.8) is 0 Å². The average molecular weight is 433 g/mol. The van der Waals surface area contributed by atoms with Crippen molar-refractivity contribution in [1.82, 2.24) is 5.32 Å². The van der Waals surface area contributed by atoms with E-state index in [0.29, 0.717) is 48.3 Å². The van der Waals surface area contributed by atoms with E-state index >= 15 is 0 Å². The van der Waals surface area contributed by atoms with Gasteiger partial charge < -0.3 is 15.3 Å². The number of hydrogen-bond donors (Lipinski definition) is 2. The predicted octanol–water partition coefficient (Wildman–Crippen LogP) is 4.40. The minimum Gasteiger partial charge on any atom is -0.469 e. The smallest absolute Gasteiger partial charge is 0.305 e. The number of fused-ring (bicyclic) bond motifs is 5. The van der Waals surface area contributed by atoms with Crippen LogP contribution in [0.4, 0.5) is 0 Å². The molecular formula is C25H40N2O4. The molecule has 31 heavy (non-hydrogen) atoms. The first-order valence-electron chi connectivity index (χ1n) is 12.3. The Morgan fingerprint density at radius 1 is 1.23 bits per heavy atom. The standard InChI is InChI=1S/C25H40N2O4/c1-15(5-10-23(29)31-4)18-8-9-19-17-7-6-16-13-22(28)26-12-11-24(16,2)20(17)14-21(27-30)25(18,19)3/h15-20,30H,5-14H2,1-4H3,(H,26,28)/b27-21+/t15-,16-,17+,18-,19+,20+,24+,25-/m1/s1. The number of oxime groups is 1. The van der Waals surface area contributed by atoms with Crippen molar-refractivity contribution in [1.29, 1.82) is 0 Å². The van der Waals surface area contributed by atoms with Crippen LogP contribution < -0.4 is 5.32 Å². The number of carbonyl (C=O) groups excluding carboxylic acids is 2. The van der Waals surface area contributed by atoms with E-state index in [1.807, 2.05) is 0 Å². The molecule has 0 aromatic heterocycles. The molecule has 8 atom stereocenters. The van der Waals surface area contributed by atoms with Gasteiger partial charge in [0.05, 0.1) is 12.8 Å². The maximum atomic E-state index is 12.2. The van der Waals surface area contributed by atoms with Gasteiger partial charge in [0.1, 0.15) is 0 Å². The molecule has 3 saturated carbocycles. The number of nitrogens with zero attached hydrogens (tertiary/aromatic N) is 1.